The number of hydrogen-bond donors (Lipinski definition) is 2. The van der Waals surface area contributed by atoms with Gasteiger partial charge in [0.25, 0.3) is 0 Å². The Kier molecular flexibility index (Phi) is 10.0. The van der Waals surface area contributed by atoms with E-state index in [0.717, 1.165) is 43.3 Å². The number of guanidine groups is 1. The van der Waals surface area contributed by atoms with Crippen molar-refractivity contribution in [2.24, 2.45) is 4.99 Å². The SMILES string of the molecule is CN=C(NCc1ccccc1CS(=O)(=O)NC(C)C)N1CCN(c2cccs2)CC1.I. The minimum absolute atomic E-state index is 0. The van der Waals surface area contributed by atoms with Gasteiger partial charge in [0.1, 0.15) is 0 Å². The average molecular weight is 578 g/mol. The summed E-state index contributed by atoms with van der Waals surface area (Å²) < 4.78 is 27.4. The van der Waals surface area contributed by atoms with Crippen molar-refractivity contribution in [2.75, 3.05) is 38.1 Å². The highest BCUT2D eigenvalue weighted by Crippen LogP contribution is 2.22. The summed E-state index contributed by atoms with van der Waals surface area (Å²) in [5.41, 5.74) is 1.76. The van der Waals surface area contributed by atoms with Gasteiger partial charge < -0.3 is 15.1 Å². The molecule has 172 valence electrons. The summed E-state index contributed by atoms with van der Waals surface area (Å²) in [5.74, 6) is 0.819. The smallest absolute Gasteiger partial charge is 0.216 e. The van der Waals surface area contributed by atoms with Crippen LogP contribution in [0, 0.1) is 0 Å². The predicted octanol–water partition coefficient (Wildman–Crippen LogP) is 3.09. The first-order valence-electron chi connectivity index (χ1n) is 10.2. The Hall–Kier alpha value is -1.37. The molecular weight excluding hydrogens is 545 g/mol. The Morgan fingerprint density at radius 2 is 1.77 bits per heavy atom. The molecule has 7 nitrogen and oxygen atoms in total. The highest BCUT2D eigenvalue weighted by atomic mass is 127. The zero-order valence-corrected chi connectivity index (χ0v) is 22.2. The highest BCUT2D eigenvalue weighted by Gasteiger charge is 2.21. The van der Waals surface area contributed by atoms with E-state index in [-0.39, 0.29) is 35.8 Å². The Labute approximate surface area is 207 Å². The second kappa shape index (κ2) is 12.0. The van der Waals surface area contributed by atoms with Crippen LogP contribution in [-0.2, 0) is 22.3 Å². The molecule has 0 radical (unpaired) electrons. The van der Waals surface area contributed by atoms with E-state index in [9.17, 15) is 8.42 Å². The number of hydrogen-bond acceptors (Lipinski definition) is 5. The number of nitrogens with zero attached hydrogens (tertiary/aromatic N) is 3. The topological polar surface area (TPSA) is 77.0 Å². The third kappa shape index (κ3) is 7.62. The van der Waals surface area contributed by atoms with E-state index < -0.39 is 10.0 Å². The zero-order valence-electron chi connectivity index (χ0n) is 18.2. The van der Waals surface area contributed by atoms with Crippen LogP contribution in [0.2, 0.25) is 0 Å². The van der Waals surface area contributed by atoms with Crippen molar-refractivity contribution in [2.45, 2.75) is 32.2 Å². The van der Waals surface area contributed by atoms with Gasteiger partial charge in [0, 0.05) is 45.8 Å². The number of thiophene rings is 1. The second-order valence-corrected chi connectivity index (χ2v) is 10.3. The maximum Gasteiger partial charge on any atom is 0.216 e. The van der Waals surface area contributed by atoms with E-state index in [0.29, 0.717) is 6.54 Å². The van der Waals surface area contributed by atoms with Crippen molar-refractivity contribution < 1.29 is 8.42 Å². The molecule has 31 heavy (non-hydrogen) atoms. The minimum atomic E-state index is -3.37. The quantitative estimate of drug-likeness (QED) is 0.301. The lowest BCUT2D eigenvalue weighted by Gasteiger charge is -2.37. The van der Waals surface area contributed by atoms with Gasteiger partial charge in [0.05, 0.1) is 10.8 Å². The van der Waals surface area contributed by atoms with Crippen LogP contribution in [0.15, 0.2) is 46.8 Å². The molecule has 1 saturated heterocycles. The van der Waals surface area contributed by atoms with Gasteiger partial charge in [0.15, 0.2) is 5.96 Å². The van der Waals surface area contributed by atoms with Crippen LogP contribution in [0.25, 0.3) is 0 Å². The van der Waals surface area contributed by atoms with Crippen molar-refractivity contribution in [1.82, 2.24) is 14.9 Å². The van der Waals surface area contributed by atoms with Crippen LogP contribution in [0.4, 0.5) is 5.00 Å². The van der Waals surface area contributed by atoms with Gasteiger partial charge >= 0.3 is 0 Å². The van der Waals surface area contributed by atoms with Crippen LogP contribution < -0.4 is 14.9 Å². The third-order valence-corrected chi connectivity index (χ3v) is 7.38. The molecule has 1 fully saturated rings. The fraction of sp³-hybridized carbons (Fsp3) is 0.476. The lowest BCUT2D eigenvalue weighted by Crippen LogP contribution is -2.52. The highest BCUT2D eigenvalue weighted by molar-refractivity contribution is 14.0. The molecule has 0 atom stereocenters. The maximum atomic E-state index is 12.4. The molecule has 0 bridgehead atoms. The first kappa shape index (κ1) is 25.9. The average Bonchev–Trinajstić information content (AvgIpc) is 3.23. The van der Waals surface area contributed by atoms with Crippen LogP contribution in [0.1, 0.15) is 25.0 Å². The summed E-state index contributed by atoms with van der Waals surface area (Å²) >= 11 is 1.77. The van der Waals surface area contributed by atoms with Crippen LogP contribution in [0.5, 0.6) is 0 Å². The Bertz CT molecular complexity index is 940. The lowest BCUT2D eigenvalue weighted by atomic mass is 10.1. The van der Waals surface area contributed by atoms with Gasteiger partial charge in [-0.15, -0.1) is 35.3 Å². The summed E-state index contributed by atoms with van der Waals surface area (Å²) in [6.45, 7) is 7.89. The molecule has 0 spiro atoms. The third-order valence-electron chi connectivity index (χ3n) is 4.92. The Morgan fingerprint density at radius 1 is 1.10 bits per heavy atom. The number of sulfonamides is 1. The van der Waals surface area contributed by atoms with Gasteiger partial charge in [0.2, 0.25) is 10.0 Å². The molecule has 1 aromatic carbocycles. The molecule has 1 aliphatic heterocycles. The molecule has 10 heteroatoms. The summed E-state index contributed by atoms with van der Waals surface area (Å²) in [6, 6.07) is 11.8. The molecule has 2 N–H and O–H groups in total. The van der Waals surface area contributed by atoms with Gasteiger partial charge in [-0.05, 0) is 42.5 Å². The molecule has 0 unspecified atom stereocenters. The molecule has 2 aromatic rings. The molecule has 0 aliphatic carbocycles. The summed E-state index contributed by atoms with van der Waals surface area (Å²) in [5, 5.41) is 6.83. The standard InChI is InChI=1S/C21H31N5O2S2.HI/c1-17(2)24-30(27,28)16-19-8-5-4-7-18(19)15-23-21(22-3)26-12-10-25(11-13-26)20-9-6-14-29-20;/h4-9,14,17,24H,10-13,15-16H2,1-3H3,(H,22,23);1H. The first-order chi connectivity index (χ1) is 14.4. The van der Waals surface area contributed by atoms with Gasteiger partial charge in [-0.25, -0.2) is 13.1 Å². The molecule has 0 amide bonds. The van der Waals surface area contributed by atoms with Crippen molar-refractivity contribution in [3.05, 3.63) is 52.9 Å². The Balaban J connectivity index is 0.00000341. The number of benzene rings is 1. The van der Waals surface area contributed by atoms with Crippen molar-refractivity contribution >= 4 is 56.3 Å². The van der Waals surface area contributed by atoms with E-state index in [2.05, 4.69) is 42.3 Å². The van der Waals surface area contributed by atoms with Gasteiger partial charge in [-0.1, -0.05) is 24.3 Å². The van der Waals surface area contributed by atoms with Gasteiger partial charge in [-0.3, -0.25) is 4.99 Å². The summed E-state index contributed by atoms with van der Waals surface area (Å²) in [6.07, 6.45) is 0. The molecular formula is C21H32IN5O2S2. The lowest BCUT2D eigenvalue weighted by molar-refractivity contribution is 0.373. The second-order valence-electron chi connectivity index (χ2n) is 7.63. The van der Waals surface area contributed by atoms with Crippen LogP contribution in [-0.4, -0.2) is 58.5 Å². The largest absolute Gasteiger partial charge is 0.360 e. The Morgan fingerprint density at radius 3 is 2.35 bits per heavy atom. The predicted molar refractivity (Wildman–Crippen MR) is 141 cm³/mol. The minimum Gasteiger partial charge on any atom is -0.360 e. The number of piperazine rings is 1. The summed E-state index contributed by atoms with van der Waals surface area (Å²) in [4.78, 5) is 9.10. The molecule has 2 heterocycles. The number of rotatable bonds is 7. The van der Waals surface area contributed by atoms with E-state index in [1.807, 2.05) is 38.1 Å². The monoisotopic (exact) mass is 577 g/mol. The number of nitrogens with one attached hydrogen (secondary N) is 2. The number of halogens is 1. The molecule has 1 aromatic heterocycles. The van der Waals surface area contributed by atoms with Crippen LogP contribution in [0.3, 0.4) is 0 Å². The number of anilines is 1. The normalized spacial score (nSPS) is 15.2. The maximum absolute atomic E-state index is 12.4. The van der Waals surface area contributed by atoms with E-state index in [4.69, 9.17) is 0 Å². The fourth-order valence-corrected chi connectivity index (χ4v) is 5.85. The fourth-order valence-electron chi connectivity index (χ4n) is 3.57. The van der Waals surface area contributed by atoms with Crippen molar-refractivity contribution in [3.8, 4) is 0 Å². The van der Waals surface area contributed by atoms with E-state index in [1.165, 1.54) is 5.00 Å². The molecule has 1 aliphatic rings. The van der Waals surface area contributed by atoms with Crippen molar-refractivity contribution in [3.63, 3.8) is 0 Å². The van der Waals surface area contributed by atoms with E-state index >= 15 is 0 Å². The first-order valence-corrected chi connectivity index (χ1v) is 12.7. The van der Waals surface area contributed by atoms with Gasteiger partial charge in [-0.2, -0.15) is 0 Å². The van der Waals surface area contributed by atoms with E-state index in [1.54, 1.807) is 18.4 Å². The molecule has 0 saturated carbocycles. The molecule has 3 rings (SSSR count). The summed E-state index contributed by atoms with van der Waals surface area (Å²) in [7, 11) is -1.58. The number of aliphatic imine (C=N–C) groups is 1. The van der Waals surface area contributed by atoms with Crippen LogP contribution >= 0.6 is 35.3 Å². The zero-order chi connectivity index (χ0) is 21.6. The van der Waals surface area contributed by atoms with Crippen molar-refractivity contribution in [1.29, 1.82) is 0 Å².